The number of H-pyrrole nitrogens is 1. The summed E-state index contributed by atoms with van der Waals surface area (Å²) in [5.74, 6) is 1.75. The predicted octanol–water partition coefficient (Wildman–Crippen LogP) is 3.86. The molecule has 0 spiro atoms. The van der Waals surface area contributed by atoms with Crippen molar-refractivity contribution in [2.75, 3.05) is 17.7 Å². The highest BCUT2D eigenvalue weighted by Gasteiger charge is 2.32. The van der Waals surface area contributed by atoms with Gasteiger partial charge in [-0.2, -0.15) is 0 Å². The lowest BCUT2D eigenvalue weighted by atomic mass is 10.1. The fourth-order valence-electron chi connectivity index (χ4n) is 3.90. The quantitative estimate of drug-likeness (QED) is 0.817. The largest absolute Gasteiger partial charge is 0.494 e. The van der Waals surface area contributed by atoms with E-state index >= 15 is 0 Å². The molecule has 2 aliphatic rings. The molecule has 1 aliphatic carbocycles. The molecule has 144 valence electrons. The summed E-state index contributed by atoms with van der Waals surface area (Å²) >= 11 is 1.50. The third-order valence-corrected chi connectivity index (χ3v) is 6.48. The minimum Gasteiger partial charge on any atom is -0.494 e. The topological polar surface area (TPSA) is 76.1 Å². The summed E-state index contributed by atoms with van der Waals surface area (Å²) in [4.78, 5) is 25.1. The number of rotatable bonds is 5. The third kappa shape index (κ3) is 3.65. The number of carbonyl (C=O) groups is 1. The molecule has 0 radical (unpaired) electrons. The van der Waals surface area contributed by atoms with Gasteiger partial charge in [0.15, 0.2) is 0 Å². The standard InChI is InChI=1S/C20H25N3O3S/c1-2-11-26-15-9-7-13(8-10-15)18-17-19(21-16(24)12-27-18)23(22-20(17)25)14-5-3-4-6-14/h7-10,14,18H,2-6,11-12H2,1H3,(H,21,24)(H,22,25). The van der Waals surface area contributed by atoms with Crippen molar-refractivity contribution in [2.24, 2.45) is 0 Å². The molecule has 1 aromatic heterocycles. The number of fused-ring (bicyclic) bond motifs is 1. The normalized spacial score (nSPS) is 20.2. The Hall–Kier alpha value is -2.15. The number of hydrogen-bond donors (Lipinski definition) is 2. The number of nitrogens with one attached hydrogen (secondary N) is 2. The van der Waals surface area contributed by atoms with E-state index in [4.69, 9.17) is 4.74 Å². The summed E-state index contributed by atoms with van der Waals surface area (Å²) in [5.41, 5.74) is 1.55. The number of benzene rings is 1. The van der Waals surface area contributed by atoms with E-state index in [0.717, 1.165) is 43.4 Å². The summed E-state index contributed by atoms with van der Waals surface area (Å²) in [5, 5.41) is 5.79. The molecule has 0 bridgehead atoms. The van der Waals surface area contributed by atoms with Crippen LogP contribution in [0.1, 0.15) is 61.4 Å². The molecule has 1 amide bonds. The van der Waals surface area contributed by atoms with Gasteiger partial charge in [-0.25, -0.2) is 0 Å². The molecule has 1 unspecified atom stereocenters. The Morgan fingerprint density at radius 1 is 1.19 bits per heavy atom. The van der Waals surface area contributed by atoms with Crippen molar-refractivity contribution in [3.05, 3.63) is 45.7 Å². The number of thioether (sulfide) groups is 1. The highest BCUT2D eigenvalue weighted by Crippen LogP contribution is 2.42. The maximum atomic E-state index is 12.8. The second kappa shape index (κ2) is 7.84. The van der Waals surface area contributed by atoms with E-state index < -0.39 is 0 Å². The van der Waals surface area contributed by atoms with Crippen LogP contribution in [0, 0.1) is 0 Å². The van der Waals surface area contributed by atoms with Gasteiger partial charge < -0.3 is 10.1 Å². The molecule has 6 nitrogen and oxygen atoms in total. The fourth-order valence-corrected chi connectivity index (χ4v) is 5.03. The van der Waals surface area contributed by atoms with Gasteiger partial charge >= 0.3 is 0 Å². The van der Waals surface area contributed by atoms with Crippen molar-refractivity contribution in [3.8, 4) is 5.75 Å². The van der Waals surface area contributed by atoms with Crippen molar-refractivity contribution in [2.45, 2.75) is 50.3 Å². The molecular weight excluding hydrogens is 362 g/mol. The first-order valence-corrected chi connectivity index (χ1v) is 10.7. The fraction of sp³-hybridized carbons (Fsp3) is 0.500. The number of nitrogens with zero attached hydrogens (tertiary/aromatic N) is 1. The van der Waals surface area contributed by atoms with Gasteiger partial charge in [0.2, 0.25) is 5.91 Å². The number of anilines is 1. The third-order valence-electron chi connectivity index (χ3n) is 5.21. The predicted molar refractivity (Wildman–Crippen MR) is 108 cm³/mol. The van der Waals surface area contributed by atoms with E-state index in [-0.39, 0.29) is 22.8 Å². The van der Waals surface area contributed by atoms with Gasteiger partial charge in [-0.15, -0.1) is 11.8 Å². The second-order valence-corrected chi connectivity index (χ2v) is 8.26. The average Bonchev–Trinajstić information content (AvgIpc) is 3.26. The lowest BCUT2D eigenvalue weighted by Crippen LogP contribution is -2.18. The number of aromatic nitrogens is 2. The number of ether oxygens (including phenoxy) is 1. The number of amides is 1. The molecule has 27 heavy (non-hydrogen) atoms. The van der Waals surface area contributed by atoms with Gasteiger partial charge in [0.05, 0.1) is 29.2 Å². The van der Waals surface area contributed by atoms with Crippen LogP contribution >= 0.6 is 11.8 Å². The molecule has 0 saturated heterocycles. The van der Waals surface area contributed by atoms with Crippen LogP contribution in [-0.4, -0.2) is 28.0 Å². The lowest BCUT2D eigenvalue weighted by molar-refractivity contribution is -0.113. The van der Waals surface area contributed by atoms with Crippen LogP contribution in [0.4, 0.5) is 5.82 Å². The first-order chi connectivity index (χ1) is 13.2. The molecule has 1 aromatic carbocycles. The van der Waals surface area contributed by atoms with Crippen LogP contribution < -0.4 is 15.6 Å². The molecule has 1 saturated carbocycles. The summed E-state index contributed by atoms with van der Waals surface area (Å²) in [6, 6.07) is 8.12. The van der Waals surface area contributed by atoms with Gasteiger partial charge in [-0.3, -0.25) is 19.4 Å². The number of hydrogen-bond acceptors (Lipinski definition) is 4. The van der Waals surface area contributed by atoms with Crippen LogP contribution in [0.2, 0.25) is 0 Å². The molecule has 1 aliphatic heterocycles. The van der Waals surface area contributed by atoms with Gasteiger partial charge in [0.1, 0.15) is 11.6 Å². The van der Waals surface area contributed by atoms with Crippen molar-refractivity contribution in [3.63, 3.8) is 0 Å². The van der Waals surface area contributed by atoms with Gasteiger partial charge in [-0.1, -0.05) is 31.9 Å². The van der Waals surface area contributed by atoms with Crippen LogP contribution in [-0.2, 0) is 4.79 Å². The summed E-state index contributed by atoms with van der Waals surface area (Å²) in [6.45, 7) is 2.76. The maximum Gasteiger partial charge on any atom is 0.270 e. The van der Waals surface area contributed by atoms with Crippen molar-refractivity contribution in [1.82, 2.24) is 9.78 Å². The molecule has 2 N–H and O–H groups in total. The van der Waals surface area contributed by atoms with Crippen LogP contribution in [0.5, 0.6) is 5.75 Å². The van der Waals surface area contributed by atoms with Crippen LogP contribution in [0.25, 0.3) is 0 Å². The smallest absolute Gasteiger partial charge is 0.270 e. The minimum atomic E-state index is -0.175. The Morgan fingerprint density at radius 3 is 2.63 bits per heavy atom. The monoisotopic (exact) mass is 387 g/mol. The SMILES string of the molecule is CCCOc1ccc(C2SCC(=O)Nc3c2c(=O)[nH]n3C2CCCC2)cc1. The van der Waals surface area contributed by atoms with E-state index in [1.165, 1.54) is 11.8 Å². The highest BCUT2D eigenvalue weighted by atomic mass is 32.2. The zero-order chi connectivity index (χ0) is 18.8. The summed E-state index contributed by atoms with van der Waals surface area (Å²) < 4.78 is 7.56. The average molecular weight is 388 g/mol. The molecule has 2 aromatic rings. The Balaban J connectivity index is 1.71. The van der Waals surface area contributed by atoms with Gasteiger partial charge in [0, 0.05) is 0 Å². The summed E-state index contributed by atoms with van der Waals surface area (Å²) in [7, 11) is 0. The summed E-state index contributed by atoms with van der Waals surface area (Å²) in [6.07, 6.45) is 5.35. The van der Waals surface area contributed by atoms with E-state index in [2.05, 4.69) is 17.3 Å². The molecule has 2 heterocycles. The number of aromatic amines is 1. The zero-order valence-electron chi connectivity index (χ0n) is 15.5. The highest BCUT2D eigenvalue weighted by molar-refractivity contribution is 8.00. The zero-order valence-corrected chi connectivity index (χ0v) is 16.3. The van der Waals surface area contributed by atoms with Crippen molar-refractivity contribution < 1.29 is 9.53 Å². The van der Waals surface area contributed by atoms with Crippen LogP contribution in [0.3, 0.4) is 0 Å². The lowest BCUT2D eigenvalue weighted by Gasteiger charge is -2.17. The first kappa shape index (κ1) is 18.2. The van der Waals surface area contributed by atoms with E-state index in [1.807, 2.05) is 28.9 Å². The van der Waals surface area contributed by atoms with Crippen LogP contribution in [0.15, 0.2) is 29.1 Å². The van der Waals surface area contributed by atoms with E-state index in [0.29, 0.717) is 23.7 Å². The molecule has 4 rings (SSSR count). The number of carbonyl (C=O) groups excluding carboxylic acids is 1. The Labute approximate surface area is 162 Å². The Kier molecular flexibility index (Phi) is 5.29. The Bertz CT molecular complexity index is 866. The first-order valence-electron chi connectivity index (χ1n) is 9.66. The molecule has 1 atom stereocenters. The molecule has 1 fully saturated rings. The van der Waals surface area contributed by atoms with Gasteiger partial charge in [-0.05, 0) is 37.0 Å². The van der Waals surface area contributed by atoms with Crippen molar-refractivity contribution in [1.29, 1.82) is 0 Å². The maximum absolute atomic E-state index is 12.8. The molecule has 7 heteroatoms. The van der Waals surface area contributed by atoms with Crippen molar-refractivity contribution >= 4 is 23.5 Å². The Morgan fingerprint density at radius 2 is 1.93 bits per heavy atom. The van der Waals surface area contributed by atoms with Gasteiger partial charge in [0.25, 0.3) is 5.56 Å². The molecular formula is C20H25N3O3S. The second-order valence-electron chi connectivity index (χ2n) is 7.17. The minimum absolute atomic E-state index is 0.0580. The van der Waals surface area contributed by atoms with E-state index in [9.17, 15) is 9.59 Å². The van der Waals surface area contributed by atoms with E-state index in [1.54, 1.807) is 0 Å².